The number of Topliss-reactive ketones (excluding diaryl/α,β-unsaturated/α-hetero) is 1. The summed E-state index contributed by atoms with van der Waals surface area (Å²) in [5.41, 5.74) is -2.37. The molecule has 1 amide bonds. The van der Waals surface area contributed by atoms with E-state index in [1.54, 1.807) is 38.1 Å². The number of halogens is 6. The summed E-state index contributed by atoms with van der Waals surface area (Å²) in [6.45, 7) is 4.79. The van der Waals surface area contributed by atoms with Gasteiger partial charge in [0.2, 0.25) is 0 Å². The Morgan fingerprint density at radius 2 is 1.58 bits per heavy atom. The first-order valence-corrected chi connectivity index (χ1v) is 11.3. The van der Waals surface area contributed by atoms with Crippen molar-refractivity contribution in [1.82, 2.24) is 5.32 Å². The van der Waals surface area contributed by atoms with Gasteiger partial charge in [-0.1, -0.05) is 18.2 Å². The van der Waals surface area contributed by atoms with E-state index in [1.165, 1.54) is 4.90 Å². The van der Waals surface area contributed by atoms with Gasteiger partial charge in [0, 0.05) is 12.6 Å². The Morgan fingerprint density at radius 1 is 1.00 bits per heavy atom. The molecule has 5 nitrogen and oxygen atoms in total. The number of carbonyl (C=O) groups is 2. The van der Waals surface area contributed by atoms with Crippen LogP contribution >= 0.6 is 0 Å². The Hall–Kier alpha value is -3.08. The van der Waals surface area contributed by atoms with Crippen molar-refractivity contribution in [3.05, 3.63) is 64.7 Å². The van der Waals surface area contributed by atoms with Crippen LogP contribution in [0.4, 0.5) is 36.8 Å². The number of anilines is 1. The van der Waals surface area contributed by atoms with Crippen molar-refractivity contribution in [1.29, 1.82) is 0 Å². The molecule has 0 aromatic heterocycles. The molecule has 0 aliphatic carbocycles. The first kappa shape index (κ1) is 27.5. The van der Waals surface area contributed by atoms with E-state index >= 15 is 0 Å². The zero-order chi connectivity index (χ0) is 26.8. The average Bonchev–Trinajstić information content (AvgIpc) is 2.95. The minimum atomic E-state index is -5.04. The molecule has 196 valence electrons. The standard InChI is InChI=1S/C25H26F6N2O3/c1-14(2)36-23(35)33-10-6-8-20(19-7-4-5-9-21(19)33)32-22(15(3)34)16-11-17(24(26,27)28)13-18(12-16)25(29,30)31/h4-5,7,9,11-14,20,22,32H,6,8,10H2,1-3H3. The molecule has 1 aliphatic rings. The van der Waals surface area contributed by atoms with Crippen molar-refractivity contribution in [3.8, 4) is 0 Å². The molecular weight excluding hydrogens is 490 g/mol. The maximum Gasteiger partial charge on any atom is 0.416 e. The van der Waals surface area contributed by atoms with Crippen LogP contribution in [-0.2, 0) is 21.9 Å². The molecular formula is C25H26F6N2O3. The fourth-order valence-electron chi connectivity index (χ4n) is 4.18. The number of nitrogens with one attached hydrogen (secondary N) is 1. The summed E-state index contributed by atoms with van der Waals surface area (Å²) in [6.07, 6.45) is -10.2. The molecule has 1 heterocycles. The number of hydrogen-bond acceptors (Lipinski definition) is 4. The Kier molecular flexibility index (Phi) is 8.02. The number of benzene rings is 2. The first-order valence-electron chi connectivity index (χ1n) is 11.3. The van der Waals surface area contributed by atoms with Gasteiger partial charge in [0.25, 0.3) is 0 Å². The minimum absolute atomic E-state index is 0.0276. The molecule has 0 bridgehead atoms. The van der Waals surface area contributed by atoms with Crippen molar-refractivity contribution in [2.45, 2.75) is 64.2 Å². The van der Waals surface area contributed by atoms with Crippen LogP contribution < -0.4 is 10.2 Å². The second-order valence-electron chi connectivity index (χ2n) is 8.89. The number of ether oxygens (including phenoxy) is 1. The topological polar surface area (TPSA) is 58.6 Å². The van der Waals surface area contributed by atoms with Crippen LogP contribution in [0.5, 0.6) is 0 Å². The lowest BCUT2D eigenvalue weighted by molar-refractivity contribution is -0.143. The van der Waals surface area contributed by atoms with Crippen LogP contribution in [0.2, 0.25) is 0 Å². The molecule has 0 saturated heterocycles. The van der Waals surface area contributed by atoms with E-state index in [4.69, 9.17) is 4.74 Å². The highest BCUT2D eigenvalue weighted by Gasteiger charge is 2.38. The summed E-state index contributed by atoms with van der Waals surface area (Å²) in [5.74, 6) is -0.653. The van der Waals surface area contributed by atoms with Gasteiger partial charge < -0.3 is 4.74 Å². The van der Waals surface area contributed by atoms with Gasteiger partial charge in [0.1, 0.15) is 0 Å². The average molecular weight is 516 g/mol. The fourth-order valence-corrected chi connectivity index (χ4v) is 4.18. The summed E-state index contributed by atoms with van der Waals surface area (Å²) < 4.78 is 85.7. The highest BCUT2D eigenvalue weighted by atomic mass is 19.4. The Balaban J connectivity index is 2.03. The second kappa shape index (κ2) is 10.5. The lowest BCUT2D eigenvalue weighted by atomic mass is 9.94. The summed E-state index contributed by atoms with van der Waals surface area (Å²) in [4.78, 5) is 26.6. The molecule has 36 heavy (non-hydrogen) atoms. The van der Waals surface area contributed by atoms with Crippen molar-refractivity contribution in [2.24, 2.45) is 0 Å². The number of para-hydroxylation sites is 1. The van der Waals surface area contributed by atoms with Crippen LogP contribution in [-0.4, -0.2) is 24.5 Å². The van der Waals surface area contributed by atoms with E-state index in [2.05, 4.69) is 5.32 Å². The van der Waals surface area contributed by atoms with Gasteiger partial charge in [-0.15, -0.1) is 0 Å². The smallest absolute Gasteiger partial charge is 0.416 e. The molecule has 0 spiro atoms. The predicted molar refractivity (Wildman–Crippen MR) is 120 cm³/mol. The maximum atomic E-state index is 13.4. The largest absolute Gasteiger partial charge is 0.446 e. The number of rotatable bonds is 5. The number of alkyl halides is 6. The summed E-state index contributed by atoms with van der Waals surface area (Å²) in [6, 6.07) is 5.83. The van der Waals surface area contributed by atoms with Crippen molar-refractivity contribution in [2.75, 3.05) is 11.4 Å². The summed E-state index contributed by atoms with van der Waals surface area (Å²) in [7, 11) is 0. The number of nitrogens with zero attached hydrogens (tertiary/aromatic N) is 1. The van der Waals surface area contributed by atoms with E-state index in [-0.39, 0.29) is 18.7 Å². The molecule has 1 aliphatic heterocycles. The van der Waals surface area contributed by atoms with Gasteiger partial charge >= 0.3 is 18.4 Å². The highest BCUT2D eigenvalue weighted by molar-refractivity contribution is 5.89. The van der Waals surface area contributed by atoms with Gasteiger partial charge in [0.15, 0.2) is 5.78 Å². The summed E-state index contributed by atoms with van der Waals surface area (Å²) in [5, 5.41) is 2.96. The van der Waals surface area contributed by atoms with Crippen LogP contribution in [0.25, 0.3) is 0 Å². The van der Waals surface area contributed by atoms with Crippen LogP contribution in [0.1, 0.15) is 68.0 Å². The third-order valence-electron chi connectivity index (χ3n) is 5.75. The maximum absolute atomic E-state index is 13.4. The quantitative estimate of drug-likeness (QED) is 0.443. The monoisotopic (exact) mass is 516 g/mol. The lowest BCUT2D eigenvalue weighted by Crippen LogP contribution is -2.34. The zero-order valence-electron chi connectivity index (χ0n) is 19.8. The molecule has 3 rings (SSSR count). The number of carbonyl (C=O) groups excluding carboxylic acids is 2. The van der Waals surface area contributed by atoms with Crippen LogP contribution in [0.15, 0.2) is 42.5 Å². The van der Waals surface area contributed by atoms with E-state index in [9.17, 15) is 35.9 Å². The highest BCUT2D eigenvalue weighted by Crippen LogP contribution is 2.39. The van der Waals surface area contributed by atoms with E-state index < -0.39 is 53.0 Å². The molecule has 2 aromatic carbocycles. The number of fused-ring (bicyclic) bond motifs is 1. The molecule has 2 aromatic rings. The molecule has 11 heteroatoms. The number of hydrogen-bond donors (Lipinski definition) is 1. The molecule has 0 radical (unpaired) electrons. The van der Waals surface area contributed by atoms with Crippen LogP contribution in [0, 0.1) is 0 Å². The molecule has 2 atom stereocenters. The van der Waals surface area contributed by atoms with Crippen molar-refractivity contribution < 1.29 is 40.7 Å². The third kappa shape index (κ3) is 6.37. The normalized spacial score (nSPS) is 17.4. The number of amides is 1. The third-order valence-corrected chi connectivity index (χ3v) is 5.75. The van der Waals surface area contributed by atoms with Gasteiger partial charge in [-0.25, -0.2) is 4.79 Å². The van der Waals surface area contributed by atoms with E-state index in [0.29, 0.717) is 36.2 Å². The Bertz CT molecular complexity index is 1080. The summed E-state index contributed by atoms with van der Waals surface area (Å²) >= 11 is 0. The zero-order valence-corrected chi connectivity index (χ0v) is 19.8. The minimum Gasteiger partial charge on any atom is -0.446 e. The van der Waals surface area contributed by atoms with E-state index in [0.717, 1.165) is 6.92 Å². The molecule has 0 fully saturated rings. The number of ketones is 1. The Labute approximate surface area is 204 Å². The van der Waals surface area contributed by atoms with Crippen molar-refractivity contribution >= 4 is 17.6 Å². The second-order valence-corrected chi connectivity index (χ2v) is 8.89. The first-order chi connectivity index (χ1) is 16.7. The Morgan fingerprint density at radius 3 is 2.11 bits per heavy atom. The van der Waals surface area contributed by atoms with Crippen molar-refractivity contribution in [3.63, 3.8) is 0 Å². The van der Waals surface area contributed by atoms with Gasteiger partial charge in [-0.3, -0.25) is 15.0 Å². The molecule has 1 N–H and O–H groups in total. The molecule has 2 unspecified atom stereocenters. The SMILES string of the molecule is CC(=O)C(NC1CCCN(C(=O)OC(C)C)c2ccccc21)c1cc(C(F)(F)F)cc(C(F)(F)F)c1. The van der Waals surface area contributed by atoms with Gasteiger partial charge in [0.05, 0.1) is 29.0 Å². The van der Waals surface area contributed by atoms with E-state index in [1.807, 2.05) is 0 Å². The lowest BCUT2D eigenvalue weighted by Gasteiger charge is -2.27. The van der Waals surface area contributed by atoms with Gasteiger partial charge in [-0.05, 0) is 69.0 Å². The van der Waals surface area contributed by atoms with Gasteiger partial charge in [-0.2, -0.15) is 26.3 Å². The predicted octanol–water partition coefficient (Wildman–Crippen LogP) is 6.83. The van der Waals surface area contributed by atoms with Crippen LogP contribution in [0.3, 0.4) is 0 Å². The fraction of sp³-hybridized carbons (Fsp3) is 0.440. The molecule has 0 saturated carbocycles.